The Hall–Kier alpha value is -0.960. The molecule has 2 aliphatic heterocycles. The lowest BCUT2D eigenvalue weighted by atomic mass is 10.00. The Labute approximate surface area is 184 Å². The topological polar surface area (TPSA) is 47.9 Å². The number of rotatable bonds is 4. The van der Waals surface area contributed by atoms with Crippen LogP contribution in [0.15, 0.2) is 29.3 Å². The van der Waals surface area contributed by atoms with Crippen LogP contribution in [0, 0.1) is 0 Å². The van der Waals surface area contributed by atoms with Crippen molar-refractivity contribution in [2.75, 3.05) is 38.5 Å². The Morgan fingerprint density at radius 3 is 2.74 bits per heavy atom. The number of nitrogens with one attached hydrogen (secondary N) is 1. The summed E-state index contributed by atoms with van der Waals surface area (Å²) in [5.41, 5.74) is 2.63. The first-order valence-electron chi connectivity index (χ1n) is 9.70. The van der Waals surface area contributed by atoms with E-state index >= 15 is 0 Å². The molecule has 3 rings (SSSR count). The van der Waals surface area contributed by atoms with E-state index in [4.69, 9.17) is 0 Å². The fourth-order valence-corrected chi connectivity index (χ4v) is 4.72. The van der Waals surface area contributed by atoms with Gasteiger partial charge in [0.15, 0.2) is 5.96 Å². The molecule has 150 valence electrons. The lowest BCUT2D eigenvalue weighted by molar-refractivity contribution is -0.130. The molecule has 2 aliphatic rings. The fourth-order valence-electron chi connectivity index (χ4n) is 3.54. The van der Waals surface area contributed by atoms with Gasteiger partial charge in [0.2, 0.25) is 5.91 Å². The number of amides is 1. The van der Waals surface area contributed by atoms with E-state index in [1.807, 2.05) is 22.7 Å². The predicted octanol–water partition coefficient (Wildman–Crippen LogP) is 2.98. The van der Waals surface area contributed by atoms with Crippen molar-refractivity contribution in [3.63, 3.8) is 0 Å². The third kappa shape index (κ3) is 6.01. The van der Waals surface area contributed by atoms with Crippen LogP contribution in [-0.2, 0) is 17.8 Å². The molecule has 1 amide bonds. The van der Waals surface area contributed by atoms with Gasteiger partial charge in [-0.1, -0.05) is 31.2 Å². The number of halogens is 1. The van der Waals surface area contributed by atoms with Gasteiger partial charge in [-0.15, -0.1) is 24.0 Å². The molecule has 2 heterocycles. The molecule has 0 bridgehead atoms. The second kappa shape index (κ2) is 11.1. The Balaban J connectivity index is 0.00000261. The van der Waals surface area contributed by atoms with Crippen molar-refractivity contribution in [1.82, 2.24) is 15.1 Å². The minimum atomic E-state index is 0. The maximum Gasteiger partial charge on any atom is 0.244 e. The number of nitrogens with zero attached hydrogens (tertiary/aromatic N) is 3. The lowest BCUT2D eigenvalue weighted by Crippen LogP contribution is -2.48. The molecular formula is C20H31IN4OS. The van der Waals surface area contributed by atoms with E-state index in [-0.39, 0.29) is 36.4 Å². The number of benzene rings is 1. The van der Waals surface area contributed by atoms with Gasteiger partial charge in [-0.2, -0.15) is 11.8 Å². The molecule has 27 heavy (non-hydrogen) atoms. The molecule has 0 saturated carbocycles. The SMILES string of the molecule is CCNC(=NCC(=O)N1CCc2ccccc2C1)N1CCSC(CC)C1.I. The highest BCUT2D eigenvalue weighted by Gasteiger charge is 2.23. The number of aliphatic imine (C=N–C) groups is 1. The first kappa shape index (κ1) is 22.3. The van der Waals surface area contributed by atoms with Gasteiger partial charge < -0.3 is 15.1 Å². The number of hydrogen-bond acceptors (Lipinski definition) is 3. The molecule has 1 unspecified atom stereocenters. The van der Waals surface area contributed by atoms with Crippen LogP contribution in [0.25, 0.3) is 0 Å². The van der Waals surface area contributed by atoms with Gasteiger partial charge >= 0.3 is 0 Å². The van der Waals surface area contributed by atoms with Crippen LogP contribution in [0.3, 0.4) is 0 Å². The number of carbonyl (C=O) groups excluding carboxylic acids is 1. The molecule has 0 aromatic heterocycles. The Kier molecular flexibility index (Phi) is 9.21. The molecule has 1 atom stereocenters. The van der Waals surface area contributed by atoms with Gasteiger partial charge in [-0.05, 0) is 30.9 Å². The van der Waals surface area contributed by atoms with Gasteiger partial charge in [0, 0.05) is 43.7 Å². The highest BCUT2D eigenvalue weighted by atomic mass is 127. The van der Waals surface area contributed by atoms with E-state index in [1.165, 1.54) is 17.5 Å². The van der Waals surface area contributed by atoms with Crippen LogP contribution in [0.1, 0.15) is 31.4 Å². The van der Waals surface area contributed by atoms with Gasteiger partial charge in [-0.3, -0.25) is 4.79 Å². The quantitative estimate of drug-likeness (QED) is 0.391. The van der Waals surface area contributed by atoms with Crippen LogP contribution in [0.5, 0.6) is 0 Å². The van der Waals surface area contributed by atoms with E-state index in [9.17, 15) is 4.79 Å². The monoisotopic (exact) mass is 502 g/mol. The van der Waals surface area contributed by atoms with E-state index in [0.717, 1.165) is 44.3 Å². The number of fused-ring (bicyclic) bond motifs is 1. The van der Waals surface area contributed by atoms with E-state index < -0.39 is 0 Å². The summed E-state index contributed by atoms with van der Waals surface area (Å²) in [5.74, 6) is 2.13. The van der Waals surface area contributed by atoms with Crippen molar-refractivity contribution >= 4 is 47.6 Å². The predicted molar refractivity (Wildman–Crippen MR) is 125 cm³/mol. The number of hydrogen-bond donors (Lipinski definition) is 1. The molecule has 1 fully saturated rings. The molecule has 0 spiro atoms. The van der Waals surface area contributed by atoms with Gasteiger partial charge in [0.1, 0.15) is 6.54 Å². The zero-order valence-electron chi connectivity index (χ0n) is 16.3. The summed E-state index contributed by atoms with van der Waals surface area (Å²) in [5, 5.41) is 4.02. The third-order valence-electron chi connectivity index (χ3n) is 5.08. The minimum absolute atomic E-state index is 0. The van der Waals surface area contributed by atoms with Crippen molar-refractivity contribution in [3.05, 3.63) is 35.4 Å². The molecular weight excluding hydrogens is 471 g/mol. The van der Waals surface area contributed by atoms with Gasteiger partial charge in [0.05, 0.1) is 0 Å². The third-order valence-corrected chi connectivity index (χ3v) is 6.45. The molecule has 7 heteroatoms. The summed E-state index contributed by atoms with van der Waals surface area (Å²) in [6.45, 7) is 8.88. The zero-order chi connectivity index (χ0) is 18.4. The van der Waals surface area contributed by atoms with Crippen molar-refractivity contribution in [2.45, 2.75) is 38.5 Å². The summed E-state index contributed by atoms with van der Waals surface area (Å²) in [4.78, 5) is 21.6. The Morgan fingerprint density at radius 2 is 2.00 bits per heavy atom. The summed E-state index contributed by atoms with van der Waals surface area (Å²) in [6.07, 6.45) is 2.11. The average molecular weight is 502 g/mol. The number of carbonyl (C=O) groups is 1. The van der Waals surface area contributed by atoms with Crippen molar-refractivity contribution in [3.8, 4) is 0 Å². The van der Waals surface area contributed by atoms with Crippen molar-refractivity contribution < 1.29 is 4.79 Å². The van der Waals surface area contributed by atoms with E-state index in [2.05, 4.69) is 47.3 Å². The van der Waals surface area contributed by atoms with Crippen LogP contribution in [0.2, 0.25) is 0 Å². The highest BCUT2D eigenvalue weighted by Crippen LogP contribution is 2.21. The molecule has 1 saturated heterocycles. The Morgan fingerprint density at radius 1 is 1.22 bits per heavy atom. The van der Waals surface area contributed by atoms with Crippen LogP contribution >= 0.6 is 35.7 Å². The largest absolute Gasteiger partial charge is 0.357 e. The smallest absolute Gasteiger partial charge is 0.244 e. The maximum atomic E-state index is 12.7. The van der Waals surface area contributed by atoms with Crippen molar-refractivity contribution in [1.29, 1.82) is 0 Å². The number of thioether (sulfide) groups is 1. The highest BCUT2D eigenvalue weighted by molar-refractivity contribution is 14.0. The summed E-state index contributed by atoms with van der Waals surface area (Å²) >= 11 is 2.04. The fraction of sp³-hybridized carbons (Fsp3) is 0.600. The standard InChI is InChI=1S/C20H30N4OS.HI/c1-3-18-15-24(11-12-26-18)20(21-4-2)22-13-19(25)23-10-9-16-7-5-6-8-17(16)14-23;/h5-8,18H,3-4,9-15H2,1-2H3,(H,21,22);1H. The molecule has 0 aliphatic carbocycles. The normalized spacial score (nSPS) is 19.9. The maximum absolute atomic E-state index is 12.7. The number of guanidine groups is 1. The summed E-state index contributed by atoms with van der Waals surface area (Å²) in [7, 11) is 0. The molecule has 0 radical (unpaired) electrons. The molecule has 5 nitrogen and oxygen atoms in total. The first-order valence-corrected chi connectivity index (χ1v) is 10.8. The zero-order valence-corrected chi connectivity index (χ0v) is 19.5. The second-order valence-electron chi connectivity index (χ2n) is 6.85. The molecule has 1 N–H and O–H groups in total. The van der Waals surface area contributed by atoms with Gasteiger partial charge in [0.25, 0.3) is 0 Å². The van der Waals surface area contributed by atoms with Crippen LogP contribution in [-0.4, -0.2) is 65.4 Å². The summed E-state index contributed by atoms with van der Waals surface area (Å²) < 4.78 is 0. The minimum Gasteiger partial charge on any atom is -0.357 e. The van der Waals surface area contributed by atoms with Crippen molar-refractivity contribution in [2.24, 2.45) is 4.99 Å². The molecule has 1 aromatic carbocycles. The van der Waals surface area contributed by atoms with Crippen LogP contribution in [0.4, 0.5) is 0 Å². The first-order chi connectivity index (χ1) is 12.7. The second-order valence-corrected chi connectivity index (χ2v) is 8.26. The van der Waals surface area contributed by atoms with E-state index in [1.54, 1.807) is 0 Å². The van der Waals surface area contributed by atoms with Gasteiger partial charge in [-0.25, -0.2) is 4.99 Å². The van der Waals surface area contributed by atoms with Crippen LogP contribution < -0.4 is 5.32 Å². The average Bonchev–Trinajstić information content (AvgIpc) is 2.70. The molecule has 1 aromatic rings. The lowest BCUT2D eigenvalue weighted by Gasteiger charge is -2.34. The summed E-state index contributed by atoms with van der Waals surface area (Å²) in [6, 6.07) is 8.41. The Bertz CT molecular complexity index is 655. The van der Waals surface area contributed by atoms with E-state index in [0.29, 0.717) is 11.8 Å².